The lowest BCUT2D eigenvalue weighted by molar-refractivity contribution is -0.137. The van der Waals surface area contributed by atoms with Gasteiger partial charge in [-0.1, -0.05) is 12.1 Å². The van der Waals surface area contributed by atoms with Gasteiger partial charge < -0.3 is 14.1 Å². The fraction of sp³-hybridized carbons (Fsp3) is 0.474. The molecule has 0 bridgehead atoms. The second-order valence-corrected chi connectivity index (χ2v) is 6.28. The van der Waals surface area contributed by atoms with Gasteiger partial charge in [-0.25, -0.2) is 9.37 Å². The van der Waals surface area contributed by atoms with Crippen LogP contribution in [-0.4, -0.2) is 42.1 Å². The minimum Gasteiger partial charge on any atom is -0.445 e. The lowest BCUT2D eigenvalue weighted by Gasteiger charge is -2.31. The van der Waals surface area contributed by atoms with Crippen LogP contribution in [0.1, 0.15) is 42.9 Å². The molecule has 0 N–H and O–H groups in total. The third-order valence-corrected chi connectivity index (χ3v) is 4.42. The zero-order chi connectivity index (χ0) is 17.6. The highest BCUT2D eigenvalue weighted by Gasteiger charge is 2.27. The average Bonchev–Trinajstić information content (AvgIpc) is 3.10. The van der Waals surface area contributed by atoms with Crippen LogP contribution in [0.25, 0.3) is 0 Å². The number of nitrogens with zero attached hydrogens (tertiary/aromatic N) is 2. The van der Waals surface area contributed by atoms with Crippen molar-refractivity contribution in [2.45, 2.75) is 32.1 Å². The molecule has 0 saturated carbocycles. The van der Waals surface area contributed by atoms with Gasteiger partial charge in [0.1, 0.15) is 18.2 Å². The second-order valence-electron chi connectivity index (χ2n) is 6.28. The van der Waals surface area contributed by atoms with Gasteiger partial charge in [0, 0.05) is 26.1 Å². The Bertz CT molecular complexity index is 699. The maximum Gasteiger partial charge on any atom is 0.248 e. The molecule has 0 aliphatic carbocycles. The van der Waals surface area contributed by atoms with Crippen molar-refractivity contribution in [1.82, 2.24) is 9.88 Å². The van der Waals surface area contributed by atoms with E-state index in [1.165, 1.54) is 12.1 Å². The van der Waals surface area contributed by atoms with Gasteiger partial charge in [0.15, 0.2) is 5.89 Å². The summed E-state index contributed by atoms with van der Waals surface area (Å²) in [6.07, 6.45) is 4.18. The normalized spacial score (nSPS) is 17.7. The van der Waals surface area contributed by atoms with E-state index in [0.29, 0.717) is 25.5 Å². The molecule has 25 heavy (non-hydrogen) atoms. The fourth-order valence-corrected chi connectivity index (χ4v) is 3.08. The number of likely N-dealkylation sites (tertiary alicyclic amines) is 1. The van der Waals surface area contributed by atoms with Crippen LogP contribution in [-0.2, 0) is 16.0 Å². The van der Waals surface area contributed by atoms with Gasteiger partial charge in [0.25, 0.3) is 0 Å². The molecule has 1 amide bonds. The van der Waals surface area contributed by atoms with Crippen molar-refractivity contribution >= 4 is 5.91 Å². The van der Waals surface area contributed by atoms with Crippen molar-refractivity contribution in [2.24, 2.45) is 0 Å². The third kappa shape index (κ3) is 4.66. The molecule has 3 rings (SSSR count). The molecule has 1 fully saturated rings. The lowest BCUT2D eigenvalue weighted by atomic mass is 9.98. The van der Waals surface area contributed by atoms with Crippen molar-refractivity contribution in [3.05, 3.63) is 53.5 Å². The molecule has 0 unspecified atom stereocenters. The van der Waals surface area contributed by atoms with E-state index in [9.17, 15) is 9.18 Å². The number of amides is 1. The van der Waals surface area contributed by atoms with E-state index in [1.54, 1.807) is 18.3 Å². The van der Waals surface area contributed by atoms with Gasteiger partial charge in [-0.2, -0.15) is 0 Å². The summed E-state index contributed by atoms with van der Waals surface area (Å²) in [6, 6.07) is 6.36. The van der Waals surface area contributed by atoms with Crippen LogP contribution in [0.5, 0.6) is 0 Å². The van der Waals surface area contributed by atoms with Gasteiger partial charge in [0.05, 0.1) is 12.1 Å². The summed E-state index contributed by atoms with van der Waals surface area (Å²) in [5.74, 6) is 1.30. The highest BCUT2D eigenvalue weighted by Crippen LogP contribution is 2.27. The molecule has 1 aliphatic rings. The monoisotopic (exact) mass is 346 g/mol. The van der Waals surface area contributed by atoms with E-state index in [-0.39, 0.29) is 24.2 Å². The van der Waals surface area contributed by atoms with E-state index >= 15 is 0 Å². The molecular formula is C19H23FN2O3. The number of rotatable bonds is 6. The molecule has 5 nitrogen and oxygen atoms in total. The largest absolute Gasteiger partial charge is 0.445 e. The first-order valence-electron chi connectivity index (χ1n) is 8.70. The predicted molar refractivity (Wildman–Crippen MR) is 90.8 cm³/mol. The average molecular weight is 346 g/mol. The number of ether oxygens (including phenoxy) is 1. The first-order chi connectivity index (χ1) is 12.2. The Labute approximate surface area is 146 Å². The maximum absolute atomic E-state index is 13.0. The van der Waals surface area contributed by atoms with Crippen molar-refractivity contribution < 1.29 is 18.3 Å². The predicted octanol–water partition coefficient (Wildman–Crippen LogP) is 3.15. The molecule has 2 heterocycles. The number of benzene rings is 1. The SMILES string of the molecule is CCOCC(=O)N1CCC[C@@H](c2ncc(Cc3ccc(F)cc3)o2)C1. The number of hydrogen-bond donors (Lipinski definition) is 0. The van der Waals surface area contributed by atoms with E-state index < -0.39 is 0 Å². The molecule has 134 valence electrons. The Hall–Kier alpha value is -2.21. The summed E-state index contributed by atoms with van der Waals surface area (Å²) in [5, 5.41) is 0. The zero-order valence-electron chi connectivity index (χ0n) is 14.4. The molecule has 1 aliphatic heterocycles. The molecule has 2 aromatic rings. The number of carbonyl (C=O) groups is 1. The maximum atomic E-state index is 13.0. The summed E-state index contributed by atoms with van der Waals surface area (Å²) in [4.78, 5) is 18.4. The fourth-order valence-electron chi connectivity index (χ4n) is 3.08. The quantitative estimate of drug-likeness (QED) is 0.806. The van der Waals surface area contributed by atoms with Crippen LogP contribution >= 0.6 is 0 Å². The van der Waals surface area contributed by atoms with E-state index in [2.05, 4.69) is 4.98 Å². The Morgan fingerprint density at radius 1 is 1.40 bits per heavy atom. The summed E-state index contributed by atoms with van der Waals surface area (Å²) in [6.45, 7) is 3.91. The number of aromatic nitrogens is 1. The van der Waals surface area contributed by atoms with Crippen LogP contribution < -0.4 is 0 Å². The van der Waals surface area contributed by atoms with E-state index in [1.807, 2.05) is 11.8 Å². The van der Waals surface area contributed by atoms with E-state index in [4.69, 9.17) is 9.15 Å². The number of hydrogen-bond acceptors (Lipinski definition) is 4. The Morgan fingerprint density at radius 2 is 2.20 bits per heavy atom. The summed E-state index contributed by atoms with van der Waals surface area (Å²) in [5.41, 5.74) is 0.973. The first kappa shape index (κ1) is 17.6. The summed E-state index contributed by atoms with van der Waals surface area (Å²) < 4.78 is 24.1. The number of piperidine rings is 1. The molecule has 0 radical (unpaired) electrons. The highest BCUT2D eigenvalue weighted by molar-refractivity contribution is 5.77. The molecule has 1 atom stereocenters. The minimum atomic E-state index is -0.249. The van der Waals surface area contributed by atoms with Gasteiger partial charge in [-0.3, -0.25) is 4.79 Å². The van der Waals surface area contributed by atoms with Crippen LogP contribution in [0.4, 0.5) is 4.39 Å². The number of oxazole rings is 1. The van der Waals surface area contributed by atoms with Crippen molar-refractivity contribution in [3.8, 4) is 0 Å². The Morgan fingerprint density at radius 3 is 2.96 bits per heavy atom. The van der Waals surface area contributed by atoms with Crippen molar-refractivity contribution in [2.75, 3.05) is 26.3 Å². The zero-order valence-corrected chi connectivity index (χ0v) is 14.4. The summed E-state index contributed by atoms with van der Waals surface area (Å²) >= 11 is 0. The second kappa shape index (κ2) is 8.25. The van der Waals surface area contributed by atoms with Gasteiger partial charge >= 0.3 is 0 Å². The number of halogens is 1. The number of carbonyl (C=O) groups excluding carboxylic acids is 1. The molecule has 1 aromatic heterocycles. The van der Waals surface area contributed by atoms with Crippen molar-refractivity contribution in [1.29, 1.82) is 0 Å². The lowest BCUT2D eigenvalue weighted by Crippen LogP contribution is -2.41. The Kier molecular flexibility index (Phi) is 5.81. The summed E-state index contributed by atoms with van der Waals surface area (Å²) in [7, 11) is 0. The van der Waals surface area contributed by atoms with Crippen LogP contribution in [0.15, 0.2) is 34.9 Å². The molecule has 1 aromatic carbocycles. The molecule has 0 spiro atoms. The molecule has 6 heteroatoms. The highest BCUT2D eigenvalue weighted by atomic mass is 19.1. The van der Waals surface area contributed by atoms with Crippen LogP contribution in [0, 0.1) is 5.82 Å². The van der Waals surface area contributed by atoms with Crippen LogP contribution in [0.2, 0.25) is 0 Å². The molecule has 1 saturated heterocycles. The smallest absolute Gasteiger partial charge is 0.248 e. The molecular weight excluding hydrogens is 323 g/mol. The van der Waals surface area contributed by atoms with Crippen LogP contribution in [0.3, 0.4) is 0 Å². The van der Waals surface area contributed by atoms with Gasteiger partial charge in [0.2, 0.25) is 5.91 Å². The van der Waals surface area contributed by atoms with Gasteiger partial charge in [-0.05, 0) is 37.5 Å². The van der Waals surface area contributed by atoms with Crippen molar-refractivity contribution in [3.63, 3.8) is 0 Å². The van der Waals surface area contributed by atoms with Gasteiger partial charge in [-0.15, -0.1) is 0 Å². The topological polar surface area (TPSA) is 55.6 Å². The van der Waals surface area contributed by atoms with E-state index in [0.717, 1.165) is 30.7 Å². The third-order valence-electron chi connectivity index (χ3n) is 4.42. The minimum absolute atomic E-state index is 0.0182. The first-order valence-corrected chi connectivity index (χ1v) is 8.70. The standard InChI is InChI=1S/C19H23FN2O3/c1-2-24-13-18(23)22-9-3-4-15(12-22)19-21-11-17(25-19)10-14-5-7-16(20)8-6-14/h5-8,11,15H,2-4,9-10,12-13H2,1H3/t15-/m1/s1. The Balaban J connectivity index is 1.61.